The normalized spacial score (nSPS) is 11.7. The molecule has 0 atom stereocenters. The van der Waals surface area contributed by atoms with Gasteiger partial charge in [-0.15, -0.1) is 11.3 Å². The summed E-state index contributed by atoms with van der Waals surface area (Å²) in [6.07, 6.45) is 0. The summed E-state index contributed by atoms with van der Waals surface area (Å²) in [4.78, 5) is 1.31. The van der Waals surface area contributed by atoms with Gasteiger partial charge in [-0.25, -0.2) is 13.1 Å². The predicted molar refractivity (Wildman–Crippen MR) is 77.2 cm³/mol. The molecular formula is C12H12BrNO2S2. The third-order valence-corrected chi connectivity index (χ3v) is 5.63. The van der Waals surface area contributed by atoms with Crippen molar-refractivity contribution in [1.29, 1.82) is 0 Å². The molecule has 1 N–H and O–H groups in total. The van der Waals surface area contributed by atoms with Crippen molar-refractivity contribution < 1.29 is 8.42 Å². The lowest BCUT2D eigenvalue weighted by Crippen LogP contribution is -2.23. The van der Waals surface area contributed by atoms with Crippen LogP contribution >= 0.6 is 27.3 Å². The smallest absolute Gasteiger partial charge is 0.207 e. The maximum absolute atomic E-state index is 12.1. The van der Waals surface area contributed by atoms with Gasteiger partial charge in [0.1, 0.15) is 0 Å². The van der Waals surface area contributed by atoms with Gasteiger partial charge in [-0.2, -0.15) is 0 Å². The molecule has 0 bridgehead atoms. The number of thiophene rings is 1. The summed E-state index contributed by atoms with van der Waals surface area (Å²) in [6, 6.07) is 10.8. The van der Waals surface area contributed by atoms with Crippen molar-refractivity contribution in [2.75, 3.05) is 0 Å². The van der Waals surface area contributed by atoms with Gasteiger partial charge in [-0.1, -0.05) is 18.2 Å². The van der Waals surface area contributed by atoms with E-state index < -0.39 is 10.0 Å². The number of halogens is 1. The van der Waals surface area contributed by atoms with Crippen LogP contribution in [-0.4, -0.2) is 8.42 Å². The average molecular weight is 346 g/mol. The molecule has 1 aromatic heterocycles. The standard InChI is InChI=1S/C12H12BrNO2S2/c1-9-4-2-3-5-11(9)18(15,16)14-8-10-6-7-12(13)17-10/h2-7,14H,8H2,1H3. The van der Waals surface area contributed by atoms with E-state index in [2.05, 4.69) is 20.7 Å². The van der Waals surface area contributed by atoms with E-state index in [4.69, 9.17) is 0 Å². The molecule has 1 aromatic carbocycles. The molecule has 96 valence electrons. The largest absolute Gasteiger partial charge is 0.241 e. The maximum atomic E-state index is 12.1. The zero-order valence-corrected chi connectivity index (χ0v) is 12.9. The average Bonchev–Trinajstić information content (AvgIpc) is 2.73. The van der Waals surface area contributed by atoms with Gasteiger partial charge in [0, 0.05) is 11.4 Å². The highest BCUT2D eigenvalue weighted by Gasteiger charge is 2.15. The van der Waals surface area contributed by atoms with Gasteiger partial charge in [0.05, 0.1) is 8.68 Å². The first-order valence-corrected chi connectivity index (χ1v) is 8.38. The van der Waals surface area contributed by atoms with Gasteiger partial charge >= 0.3 is 0 Å². The Bertz CT molecular complexity index is 650. The van der Waals surface area contributed by atoms with Crippen LogP contribution in [0.3, 0.4) is 0 Å². The van der Waals surface area contributed by atoms with Crippen LogP contribution in [0.2, 0.25) is 0 Å². The van der Waals surface area contributed by atoms with Crippen LogP contribution in [0, 0.1) is 6.92 Å². The summed E-state index contributed by atoms with van der Waals surface area (Å²) in [5, 5.41) is 0. The number of benzene rings is 1. The van der Waals surface area contributed by atoms with Crippen molar-refractivity contribution in [3.8, 4) is 0 Å². The Morgan fingerprint density at radius 1 is 1.22 bits per heavy atom. The van der Waals surface area contributed by atoms with Crippen molar-refractivity contribution in [3.63, 3.8) is 0 Å². The number of hydrogen-bond acceptors (Lipinski definition) is 3. The van der Waals surface area contributed by atoms with E-state index in [0.29, 0.717) is 11.4 Å². The molecule has 0 spiro atoms. The Balaban J connectivity index is 2.16. The fourth-order valence-corrected chi connectivity index (χ4v) is 4.31. The molecule has 6 heteroatoms. The highest BCUT2D eigenvalue weighted by molar-refractivity contribution is 9.11. The topological polar surface area (TPSA) is 46.2 Å². The second-order valence-corrected chi connectivity index (χ2v) is 8.08. The number of rotatable bonds is 4. The van der Waals surface area contributed by atoms with Crippen LogP contribution in [-0.2, 0) is 16.6 Å². The van der Waals surface area contributed by atoms with E-state index in [1.54, 1.807) is 25.1 Å². The van der Waals surface area contributed by atoms with Crippen LogP contribution in [0.1, 0.15) is 10.4 Å². The Hall–Kier alpha value is -0.690. The van der Waals surface area contributed by atoms with Gasteiger partial charge in [-0.05, 0) is 46.6 Å². The molecule has 0 aliphatic carbocycles. The quantitative estimate of drug-likeness (QED) is 0.923. The van der Waals surface area contributed by atoms with Gasteiger partial charge < -0.3 is 0 Å². The van der Waals surface area contributed by atoms with Crippen molar-refractivity contribution in [3.05, 3.63) is 50.6 Å². The van der Waals surface area contributed by atoms with E-state index in [0.717, 1.165) is 14.2 Å². The summed E-state index contributed by atoms with van der Waals surface area (Å²) in [5.74, 6) is 0. The Kier molecular flexibility index (Phi) is 4.21. The molecule has 0 aliphatic rings. The van der Waals surface area contributed by atoms with E-state index in [1.807, 2.05) is 18.2 Å². The molecule has 0 fully saturated rings. The Morgan fingerprint density at radius 3 is 2.56 bits per heavy atom. The van der Waals surface area contributed by atoms with Crippen LogP contribution in [0.5, 0.6) is 0 Å². The van der Waals surface area contributed by atoms with Crippen molar-refractivity contribution in [1.82, 2.24) is 4.72 Å². The molecule has 2 rings (SSSR count). The van der Waals surface area contributed by atoms with Gasteiger partial charge in [0.25, 0.3) is 0 Å². The summed E-state index contributed by atoms with van der Waals surface area (Å²) < 4.78 is 27.8. The third-order valence-electron chi connectivity index (χ3n) is 2.45. The first kappa shape index (κ1) is 13.7. The predicted octanol–water partition coefficient (Wildman–Crippen LogP) is 3.30. The molecule has 0 amide bonds. The van der Waals surface area contributed by atoms with E-state index in [-0.39, 0.29) is 0 Å². The zero-order chi connectivity index (χ0) is 13.2. The first-order valence-electron chi connectivity index (χ1n) is 5.28. The summed E-state index contributed by atoms with van der Waals surface area (Å²) in [5.41, 5.74) is 0.748. The lowest BCUT2D eigenvalue weighted by Gasteiger charge is -2.07. The fraction of sp³-hybridized carbons (Fsp3) is 0.167. The lowest BCUT2D eigenvalue weighted by molar-refractivity contribution is 0.581. The van der Waals surface area contributed by atoms with Crippen LogP contribution in [0.15, 0.2) is 45.1 Å². The molecule has 2 aromatic rings. The molecule has 1 heterocycles. The molecule has 0 aliphatic heterocycles. The Labute approximate surface area is 119 Å². The SMILES string of the molecule is Cc1ccccc1S(=O)(=O)NCc1ccc(Br)s1. The number of nitrogens with one attached hydrogen (secondary N) is 1. The zero-order valence-electron chi connectivity index (χ0n) is 9.68. The van der Waals surface area contributed by atoms with Crippen LogP contribution in [0.4, 0.5) is 0 Å². The summed E-state index contributed by atoms with van der Waals surface area (Å²) in [6.45, 7) is 2.10. The summed E-state index contributed by atoms with van der Waals surface area (Å²) >= 11 is 4.87. The minimum atomic E-state index is -3.44. The van der Waals surface area contributed by atoms with Crippen molar-refractivity contribution in [2.24, 2.45) is 0 Å². The molecule has 0 saturated heterocycles. The van der Waals surface area contributed by atoms with Crippen LogP contribution in [0.25, 0.3) is 0 Å². The van der Waals surface area contributed by atoms with Gasteiger partial charge in [-0.3, -0.25) is 0 Å². The Morgan fingerprint density at radius 2 is 1.94 bits per heavy atom. The molecule has 3 nitrogen and oxygen atoms in total. The molecular weight excluding hydrogens is 334 g/mol. The highest BCUT2D eigenvalue weighted by atomic mass is 79.9. The molecule has 0 unspecified atom stereocenters. The fourth-order valence-electron chi connectivity index (χ4n) is 1.55. The minimum Gasteiger partial charge on any atom is -0.207 e. The first-order chi connectivity index (χ1) is 8.49. The second kappa shape index (κ2) is 5.52. The lowest BCUT2D eigenvalue weighted by atomic mass is 10.2. The maximum Gasteiger partial charge on any atom is 0.241 e. The number of hydrogen-bond donors (Lipinski definition) is 1. The second-order valence-electron chi connectivity index (χ2n) is 3.80. The minimum absolute atomic E-state index is 0.312. The van der Waals surface area contributed by atoms with Crippen LogP contribution < -0.4 is 4.72 Å². The van der Waals surface area contributed by atoms with E-state index >= 15 is 0 Å². The van der Waals surface area contributed by atoms with Crippen molar-refractivity contribution >= 4 is 37.3 Å². The van der Waals surface area contributed by atoms with Crippen molar-refractivity contribution in [2.45, 2.75) is 18.4 Å². The van der Waals surface area contributed by atoms with Gasteiger partial charge in [0.15, 0.2) is 0 Å². The third kappa shape index (κ3) is 3.20. The highest BCUT2D eigenvalue weighted by Crippen LogP contribution is 2.22. The number of aryl methyl sites for hydroxylation is 1. The van der Waals surface area contributed by atoms with E-state index in [1.165, 1.54) is 11.3 Å². The molecule has 0 radical (unpaired) electrons. The summed E-state index contributed by atoms with van der Waals surface area (Å²) in [7, 11) is -3.44. The van der Waals surface area contributed by atoms with Gasteiger partial charge in [0.2, 0.25) is 10.0 Å². The monoisotopic (exact) mass is 345 g/mol. The molecule has 0 saturated carbocycles. The molecule has 18 heavy (non-hydrogen) atoms. The van der Waals surface area contributed by atoms with E-state index in [9.17, 15) is 8.42 Å². The number of sulfonamides is 1.